The Labute approximate surface area is 90.9 Å². The highest BCUT2D eigenvalue weighted by Crippen LogP contribution is 2.43. The van der Waals surface area contributed by atoms with Gasteiger partial charge in [-0.1, -0.05) is 0 Å². The summed E-state index contributed by atoms with van der Waals surface area (Å²) >= 11 is 0. The van der Waals surface area contributed by atoms with Gasteiger partial charge >= 0.3 is 0 Å². The molecule has 3 rings (SSSR count). The quantitative estimate of drug-likeness (QED) is 0.781. The molecule has 2 heterocycles. The fourth-order valence-electron chi connectivity index (χ4n) is 2.65. The lowest BCUT2D eigenvalue weighted by Crippen LogP contribution is -2.45. The Morgan fingerprint density at radius 3 is 2.67 bits per heavy atom. The number of aromatic nitrogens is 1. The summed E-state index contributed by atoms with van der Waals surface area (Å²) in [5.41, 5.74) is 1.42. The molecule has 1 saturated heterocycles. The Kier molecular flexibility index (Phi) is 2.51. The van der Waals surface area contributed by atoms with Gasteiger partial charge in [0.05, 0.1) is 6.04 Å². The normalized spacial score (nSPS) is 25.3. The van der Waals surface area contributed by atoms with E-state index in [4.69, 9.17) is 0 Å². The third kappa shape index (κ3) is 1.94. The molecule has 2 N–H and O–H groups in total. The first kappa shape index (κ1) is 9.43. The summed E-state index contributed by atoms with van der Waals surface area (Å²) in [5, 5.41) is 3.42. The maximum absolute atomic E-state index is 3.42. The number of H-pyrrole nitrogens is 1. The van der Waals surface area contributed by atoms with E-state index in [9.17, 15) is 0 Å². The third-order valence-electron chi connectivity index (χ3n) is 3.55. The van der Waals surface area contributed by atoms with Gasteiger partial charge in [0.15, 0.2) is 0 Å². The number of hydrogen-bond donors (Lipinski definition) is 2. The van der Waals surface area contributed by atoms with Crippen molar-refractivity contribution in [3.05, 3.63) is 24.0 Å². The van der Waals surface area contributed by atoms with Crippen molar-refractivity contribution in [2.24, 2.45) is 5.92 Å². The second-order valence-corrected chi connectivity index (χ2v) is 4.69. The minimum Gasteiger partial charge on any atom is -0.364 e. The molecule has 3 nitrogen and oxygen atoms in total. The molecule has 1 aliphatic carbocycles. The Hall–Kier alpha value is -0.800. The third-order valence-corrected chi connectivity index (χ3v) is 3.55. The van der Waals surface area contributed by atoms with Crippen LogP contribution in [0.4, 0.5) is 0 Å². The first-order valence-corrected chi connectivity index (χ1v) is 6.03. The average Bonchev–Trinajstić information content (AvgIpc) is 2.96. The van der Waals surface area contributed by atoms with Gasteiger partial charge in [-0.15, -0.1) is 0 Å². The summed E-state index contributed by atoms with van der Waals surface area (Å²) < 4.78 is 0. The van der Waals surface area contributed by atoms with Crippen molar-refractivity contribution in [1.82, 2.24) is 15.2 Å². The first-order valence-electron chi connectivity index (χ1n) is 6.03. The number of nitrogens with one attached hydrogen (secondary N) is 2. The Morgan fingerprint density at radius 2 is 2.07 bits per heavy atom. The average molecular weight is 205 g/mol. The monoisotopic (exact) mass is 205 g/mol. The predicted octanol–water partition coefficient (Wildman–Crippen LogP) is 1.37. The topological polar surface area (TPSA) is 31.1 Å². The van der Waals surface area contributed by atoms with E-state index in [1.807, 2.05) is 6.20 Å². The van der Waals surface area contributed by atoms with Gasteiger partial charge in [-0.05, 0) is 30.9 Å². The fourth-order valence-corrected chi connectivity index (χ4v) is 2.65. The predicted molar refractivity (Wildman–Crippen MR) is 60.7 cm³/mol. The highest BCUT2D eigenvalue weighted by Gasteiger charge is 2.37. The van der Waals surface area contributed by atoms with Gasteiger partial charge in [-0.3, -0.25) is 4.90 Å². The van der Waals surface area contributed by atoms with Crippen molar-refractivity contribution in [2.45, 2.75) is 18.9 Å². The zero-order chi connectivity index (χ0) is 10.1. The van der Waals surface area contributed by atoms with E-state index >= 15 is 0 Å². The van der Waals surface area contributed by atoms with Gasteiger partial charge in [-0.25, -0.2) is 0 Å². The van der Waals surface area contributed by atoms with Gasteiger partial charge in [0, 0.05) is 38.1 Å². The van der Waals surface area contributed by atoms with Crippen LogP contribution >= 0.6 is 0 Å². The molecule has 1 aromatic rings. The van der Waals surface area contributed by atoms with Crippen molar-refractivity contribution < 1.29 is 0 Å². The van der Waals surface area contributed by atoms with E-state index in [0.717, 1.165) is 19.0 Å². The molecule has 0 radical (unpaired) electrons. The van der Waals surface area contributed by atoms with Crippen molar-refractivity contribution in [1.29, 1.82) is 0 Å². The van der Waals surface area contributed by atoms with Crippen LogP contribution in [0.25, 0.3) is 0 Å². The van der Waals surface area contributed by atoms with E-state index in [2.05, 4.69) is 27.3 Å². The van der Waals surface area contributed by atoms with E-state index in [-0.39, 0.29) is 0 Å². The van der Waals surface area contributed by atoms with E-state index in [1.54, 1.807) is 0 Å². The molecule has 0 aromatic carbocycles. The molecule has 15 heavy (non-hydrogen) atoms. The van der Waals surface area contributed by atoms with Crippen molar-refractivity contribution in [3.63, 3.8) is 0 Å². The van der Waals surface area contributed by atoms with Gasteiger partial charge in [0.2, 0.25) is 0 Å². The summed E-state index contributed by atoms with van der Waals surface area (Å²) in [6, 6.07) is 5.01. The molecule has 2 aliphatic rings. The number of nitrogens with zero attached hydrogens (tertiary/aromatic N) is 1. The smallest absolute Gasteiger partial charge is 0.0527 e. The number of piperazine rings is 1. The van der Waals surface area contributed by atoms with Crippen LogP contribution < -0.4 is 5.32 Å². The zero-order valence-electron chi connectivity index (χ0n) is 9.08. The number of hydrogen-bond acceptors (Lipinski definition) is 2. The first-order chi connectivity index (χ1) is 7.45. The summed E-state index contributed by atoms with van der Waals surface area (Å²) in [6.45, 7) is 4.67. The largest absolute Gasteiger partial charge is 0.364 e. The Bertz CT molecular complexity index is 297. The van der Waals surface area contributed by atoms with Crippen molar-refractivity contribution in [2.75, 3.05) is 26.2 Å². The zero-order valence-corrected chi connectivity index (χ0v) is 9.08. The molecule has 0 spiro atoms. The summed E-state index contributed by atoms with van der Waals surface area (Å²) in [7, 11) is 0. The fraction of sp³-hybridized carbons (Fsp3) is 0.667. The van der Waals surface area contributed by atoms with Crippen LogP contribution in [-0.4, -0.2) is 36.1 Å². The highest BCUT2D eigenvalue weighted by atomic mass is 15.2. The number of rotatable bonds is 3. The molecule has 2 fully saturated rings. The Balaban J connectivity index is 1.77. The van der Waals surface area contributed by atoms with Crippen LogP contribution in [0.3, 0.4) is 0 Å². The molecule has 1 aliphatic heterocycles. The molecule has 82 valence electrons. The van der Waals surface area contributed by atoms with E-state index < -0.39 is 0 Å². The van der Waals surface area contributed by atoms with Crippen LogP contribution in [0.5, 0.6) is 0 Å². The van der Waals surface area contributed by atoms with Gasteiger partial charge in [0.25, 0.3) is 0 Å². The minimum absolute atomic E-state index is 0.655. The van der Waals surface area contributed by atoms with E-state index in [0.29, 0.717) is 6.04 Å². The maximum atomic E-state index is 3.42. The van der Waals surface area contributed by atoms with Gasteiger partial charge in [-0.2, -0.15) is 0 Å². The Morgan fingerprint density at radius 1 is 1.27 bits per heavy atom. The van der Waals surface area contributed by atoms with Crippen LogP contribution in [0.2, 0.25) is 0 Å². The number of aromatic amines is 1. The second-order valence-electron chi connectivity index (χ2n) is 4.69. The molecule has 0 amide bonds. The van der Waals surface area contributed by atoms with E-state index in [1.165, 1.54) is 31.6 Å². The van der Waals surface area contributed by atoms with Gasteiger partial charge in [0.1, 0.15) is 0 Å². The van der Waals surface area contributed by atoms with Crippen LogP contribution in [0.1, 0.15) is 24.6 Å². The van der Waals surface area contributed by atoms with Gasteiger partial charge < -0.3 is 10.3 Å². The van der Waals surface area contributed by atoms with Crippen LogP contribution in [0, 0.1) is 5.92 Å². The summed E-state index contributed by atoms with van der Waals surface area (Å²) in [5.74, 6) is 0.904. The van der Waals surface area contributed by atoms with Crippen LogP contribution in [-0.2, 0) is 0 Å². The minimum atomic E-state index is 0.655. The highest BCUT2D eigenvalue weighted by molar-refractivity contribution is 5.13. The molecule has 1 atom stereocenters. The lowest BCUT2D eigenvalue weighted by molar-refractivity contribution is 0.153. The molecule has 1 saturated carbocycles. The summed E-state index contributed by atoms with van der Waals surface area (Å²) in [4.78, 5) is 6.03. The molecule has 1 aromatic heterocycles. The molecular formula is C12H19N3. The SMILES string of the molecule is c1c[nH]c([C@H](C2CC2)N2CCNCC2)c1. The maximum Gasteiger partial charge on any atom is 0.0527 e. The molecular weight excluding hydrogens is 186 g/mol. The standard InChI is InChI=1S/C12H19N3/c1-2-11(14-5-1)12(10-3-4-10)15-8-6-13-7-9-15/h1-2,5,10,12-14H,3-4,6-9H2/t12-/m0/s1. The lowest BCUT2D eigenvalue weighted by atomic mass is 10.1. The van der Waals surface area contributed by atoms with Crippen molar-refractivity contribution in [3.8, 4) is 0 Å². The molecule has 3 heteroatoms. The lowest BCUT2D eigenvalue weighted by Gasteiger charge is -2.34. The van der Waals surface area contributed by atoms with Crippen LogP contribution in [0.15, 0.2) is 18.3 Å². The van der Waals surface area contributed by atoms with Crippen molar-refractivity contribution >= 4 is 0 Å². The molecule has 0 bridgehead atoms. The molecule has 0 unspecified atom stereocenters. The summed E-state index contributed by atoms with van der Waals surface area (Å²) in [6.07, 6.45) is 4.87. The second kappa shape index (κ2) is 3.99.